The maximum Gasteiger partial charge on any atom is 0.305 e. The zero-order valence-electron chi connectivity index (χ0n) is 12.4. The molecule has 0 saturated heterocycles. The summed E-state index contributed by atoms with van der Waals surface area (Å²) in [5.74, 6) is 0.312. The minimum Gasteiger partial charge on any atom is -0.352 e. The summed E-state index contributed by atoms with van der Waals surface area (Å²) >= 11 is 5.94. The smallest absolute Gasteiger partial charge is 0.305 e. The summed E-state index contributed by atoms with van der Waals surface area (Å²) in [7, 11) is 0. The Morgan fingerprint density at radius 2 is 1.96 bits per heavy atom. The Kier molecular flexibility index (Phi) is 4.66. The number of nitro groups is 1. The molecule has 1 aromatic carbocycles. The van der Waals surface area contributed by atoms with Gasteiger partial charge in [0.15, 0.2) is 0 Å². The first kappa shape index (κ1) is 15.9. The normalized spacial score (nSPS) is 11.9. The molecule has 0 spiro atoms. The maximum absolute atomic E-state index is 10.6. The molecular weight excluding hydrogens is 332 g/mol. The number of nitrogens with one attached hydrogen (secondary N) is 1. The van der Waals surface area contributed by atoms with Crippen molar-refractivity contribution in [3.8, 4) is 0 Å². The second-order valence-electron chi connectivity index (χ2n) is 4.96. The number of nitrogens with zero attached hydrogens (tertiary/aromatic N) is 5. The van der Waals surface area contributed by atoms with Crippen LogP contribution in [0, 0.1) is 10.1 Å². The van der Waals surface area contributed by atoms with E-state index in [4.69, 9.17) is 11.6 Å². The van der Waals surface area contributed by atoms with Crippen LogP contribution in [-0.4, -0.2) is 31.2 Å². The monoisotopic (exact) mass is 344 g/mol. The van der Waals surface area contributed by atoms with Crippen LogP contribution < -0.4 is 5.32 Å². The largest absolute Gasteiger partial charge is 0.352 e. The van der Waals surface area contributed by atoms with E-state index in [-0.39, 0.29) is 11.7 Å². The molecule has 2 aromatic heterocycles. The number of hydrogen-bond donors (Lipinski definition) is 1. The van der Waals surface area contributed by atoms with Crippen molar-refractivity contribution in [2.75, 3.05) is 11.9 Å². The highest BCUT2D eigenvalue weighted by molar-refractivity contribution is 6.30. The van der Waals surface area contributed by atoms with Crippen molar-refractivity contribution in [1.82, 2.24) is 19.7 Å². The standard InChI is InChI=1S/C15H13ClN6O2/c16-12-4-2-11(3-5-12)14(21-7-1-6-20-21)10-19-15-17-8-13(9-18-15)22(23)24/h1-9,14H,10H2,(H,17,18,19)/t14-/m1/s1. The highest BCUT2D eigenvalue weighted by Gasteiger charge is 2.15. The van der Waals surface area contributed by atoms with Gasteiger partial charge in [-0.2, -0.15) is 5.10 Å². The summed E-state index contributed by atoms with van der Waals surface area (Å²) in [5.41, 5.74) is 0.861. The van der Waals surface area contributed by atoms with Crippen molar-refractivity contribution in [2.24, 2.45) is 0 Å². The maximum atomic E-state index is 10.6. The fraction of sp³-hybridized carbons (Fsp3) is 0.133. The van der Waals surface area contributed by atoms with Gasteiger partial charge in [-0.1, -0.05) is 23.7 Å². The number of benzene rings is 1. The summed E-state index contributed by atoms with van der Waals surface area (Å²) < 4.78 is 1.81. The highest BCUT2D eigenvalue weighted by Crippen LogP contribution is 2.20. The van der Waals surface area contributed by atoms with Crippen molar-refractivity contribution in [2.45, 2.75) is 6.04 Å². The van der Waals surface area contributed by atoms with Gasteiger partial charge in [-0.05, 0) is 23.8 Å². The molecule has 1 atom stereocenters. The third kappa shape index (κ3) is 3.66. The number of anilines is 1. The van der Waals surface area contributed by atoms with E-state index in [1.807, 2.05) is 41.2 Å². The lowest BCUT2D eigenvalue weighted by molar-refractivity contribution is -0.385. The van der Waals surface area contributed by atoms with Crippen molar-refractivity contribution in [1.29, 1.82) is 0 Å². The lowest BCUT2D eigenvalue weighted by atomic mass is 10.1. The SMILES string of the molecule is O=[N+]([O-])c1cnc(NC[C@H](c2ccc(Cl)cc2)n2cccn2)nc1. The van der Waals surface area contributed by atoms with E-state index < -0.39 is 4.92 Å². The van der Waals surface area contributed by atoms with Crippen molar-refractivity contribution >= 4 is 23.2 Å². The lowest BCUT2D eigenvalue weighted by Gasteiger charge is -2.19. The van der Waals surface area contributed by atoms with Crippen molar-refractivity contribution < 1.29 is 4.92 Å². The van der Waals surface area contributed by atoms with Crippen molar-refractivity contribution in [3.63, 3.8) is 0 Å². The van der Waals surface area contributed by atoms with Crippen LogP contribution in [0.25, 0.3) is 0 Å². The van der Waals surface area contributed by atoms with E-state index >= 15 is 0 Å². The molecule has 0 radical (unpaired) electrons. The van der Waals surface area contributed by atoms with Crippen LogP contribution in [0.5, 0.6) is 0 Å². The van der Waals surface area contributed by atoms with Crippen LogP contribution in [0.15, 0.2) is 55.1 Å². The van der Waals surface area contributed by atoms with E-state index in [9.17, 15) is 10.1 Å². The quantitative estimate of drug-likeness (QED) is 0.545. The molecule has 0 aliphatic carbocycles. The Morgan fingerprint density at radius 1 is 1.25 bits per heavy atom. The van der Waals surface area contributed by atoms with Gasteiger partial charge in [-0.25, -0.2) is 9.97 Å². The molecule has 3 rings (SSSR count). The Hall–Kier alpha value is -3.00. The molecule has 122 valence electrons. The van der Waals surface area contributed by atoms with Crippen LogP contribution in [0.2, 0.25) is 5.02 Å². The minimum atomic E-state index is -0.538. The topological polar surface area (TPSA) is 98.8 Å². The van der Waals surface area contributed by atoms with E-state index in [0.29, 0.717) is 17.5 Å². The number of halogens is 1. The first-order chi connectivity index (χ1) is 11.6. The van der Waals surface area contributed by atoms with Gasteiger partial charge in [0.2, 0.25) is 5.95 Å². The summed E-state index contributed by atoms with van der Waals surface area (Å²) in [6.07, 6.45) is 5.89. The number of rotatable bonds is 6. The molecule has 0 fully saturated rings. The molecule has 0 unspecified atom stereocenters. The average Bonchev–Trinajstić information content (AvgIpc) is 3.11. The van der Waals surface area contributed by atoms with Gasteiger partial charge < -0.3 is 5.32 Å². The minimum absolute atomic E-state index is 0.101. The van der Waals surface area contributed by atoms with Crippen LogP contribution in [-0.2, 0) is 0 Å². The Balaban J connectivity index is 1.77. The molecular formula is C15H13ClN6O2. The van der Waals surface area contributed by atoms with Crippen LogP contribution in [0.1, 0.15) is 11.6 Å². The summed E-state index contributed by atoms with van der Waals surface area (Å²) in [6.45, 7) is 0.459. The number of hydrogen-bond acceptors (Lipinski definition) is 6. The van der Waals surface area contributed by atoms with Gasteiger partial charge in [0.05, 0.1) is 11.0 Å². The molecule has 24 heavy (non-hydrogen) atoms. The third-order valence-corrected chi connectivity index (χ3v) is 3.65. The summed E-state index contributed by atoms with van der Waals surface area (Å²) in [5, 5.41) is 18.6. The Labute approximate surface area is 142 Å². The fourth-order valence-corrected chi connectivity index (χ4v) is 2.33. The molecule has 0 aliphatic rings. The molecule has 0 bridgehead atoms. The zero-order chi connectivity index (χ0) is 16.9. The van der Waals surface area contributed by atoms with Gasteiger partial charge >= 0.3 is 5.69 Å². The fourth-order valence-electron chi connectivity index (χ4n) is 2.21. The Bertz CT molecular complexity index is 805. The van der Waals surface area contributed by atoms with E-state index in [0.717, 1.165) is 5.56 Å². The first-order valence-electron chi connectivity index (χ1n) is 7.08. The lowest BCUT2D eigenvalue weighted by Crippen LogP contribution is -2.21. The van der Waals surface area contributed by atoms with Gasteiger partial charge in [-0.15, -0.1) is 0 Å². The molecule has 8 nitrogen and oxygen atoms in total. The third-order valence-electron chi connectivity index (χ3n) is 3.40. The van der Waals surface area contributed by atoms with Crippen LogP contribution >= 0.6 is 11.6 Å². The molecule has 9 heteroatoms. The molecule has 0 amide bonds. The van der Waals surface area contributed by atoms with Gasteiger partial charge in [0, 0.05) is 24.0 Å². The zero-order valence-corrected chi connectivity index (χ0v) is 13.2. The molecule has 1 N–H and O–H groups in total. The van der Waals surface area contributed by atoms with Gasteiger partial charge in [0.25, 0.3) is 0 Å². The van der Waals surface area contributed by atoms with E-state index in [1.165, 1.54) is 12.4 Å². The molecule has 0 aliphatic heterocycles. The Morgan fingerprint density at radius 3 is 2.54 bits per heavy atom. The second kappa shape index (κ2) is 7.05. The highest BCUT2D eigenvalue weighted by atomic mass is 35.5. The van der Waals surface area contributed by atoms with E-state index in [2.05, 4.69) is 20.4 Å². The summed E-state index contributed by atoms with van der Waals surface area (Å²) in [4.78, 5) is 18.0. The number of aromatic nitrogens is 4. The van der Waals surface area contributed by atoms with Crippen LogP contribution in [0.3, 0.4) is 0 Å². The average molecular weight is 345 g/mol. The molecule has 2 heterocycles. The predicted molar refractivity (Wildman–Crippen MR) is 89.0 cm³/mol. The van der Waals surface area contributed by atoms with Gasteiger partial charge in [-0.3, -0.25) is 14.8 Å². The van der Waals surface area contributed by atoms with Crippen molar-refractivity contribution in [3.05, 3.63) is 75.8 Å². The van der Waals surface area contributed by atoms with Gasteiger partial charge in [0.1, 0.15) is 12.4 Å². The van der Waals surface area contributed by atoms with E-state index in [1.54, 1.807) is 6.20 Å². The van der Waals surface area contributed by atoms with Crippen LogP contribution in [0.4, 0.5) is 11.6 Å². The predicted octanol–water partition coefficient (Wildman–Crippen LogP) is 2.94. The first-order valence-corrected chi connectivity index (χ1v) is 7.46. The second-order valence-corrected chi connectivity index (χ2v) is 5.39. The molecule has 0 saturated carbocycles. The molecule has 3 aromatic rings. The summed E-state index contributed by atoms with van der Waals surface area (Å²) in [6, 6.07) is 9.22.